The molecule has 1 saturated heterocycles. The van der Waals surface area contributed by atoms with Crippen molar-refractivity contribution in [1.82, 2.24) is 0 Å². The second kappa shape index (κ2) is 7.92. The van der Waals surface area contributed by atoms with E-state index in [0.29, 0.717) is 6.42 Å². The van der Waals surface area contributed by atoms with E-state index >= 15 is 0 Å². The van der Waals surface area contributed by atoms with E-state index in [1.807, 2.05) is 11.0 Å². The van der Waals surface area contributed by atoms with Crippen molar-refractivity contribution in [1.29, 1.82) is 0 Å². The van der Waals surface area contributed by atoms with E-state index in [-0.39, 0.29) is 5.91 Å². The fraction of sp³-hybridized carbons (Fsp3) is 0.409. The molecule has 2 aliphatic rings. The van der Waals surface area contributed by atoms with Crippen molar-refractivity contribution in [3.63, 3.8) is 0 Å². The van der Waals surface area contributed by atoms with Crippen LogP contribution in [0.2, 0.25) is 0 Å². The number of ether oxygens (including phenoxy) is 1. The predicted octanol–water partition coefficient (Wildman–Crippen LogP) is 3.44. The number of para-hydroxylation sites is 1. The van der Waals surface area contributed by atoms with E-state index in [9.17, 15) is 4.79 Å². The van der Waals surface area contributed by atoms with Gasteiger partial charge in [-0.15, -0.1) is 0 Å². The monoisotopic (exact) mass is 350 g/mol. The molecule has 26 heavy (non-hydrogen) atoms. The van der Waals surface area contributed by atoms with Gasteiger partial charge in [-0.2, -0.15) is 0 Å². The van der Waals surface area contributed by atoms with Gasteiger partial charge in [-0.1, -0.05) is 30.3 Å². The molecule has 0 unspecified atom stereocenters. The minimum atomic E-state index is 0.231. The van der Waals surface area contributed by atoms with Gasteiger partial charge in [0, 0.05) is 37.4 Å². The first-order valence-corrected chi connectivity index (χ1v) is 9.61. The van der Waals surface area contributed by atoms with Crippen LogP contribution in [0.4, 0.5) is 11.4 Å². The Labute approximate surface area is 155 Å². The number of amides is 1. The van der Waals surface area contributed by atoms with Crippen LogP contribution in [0, 0.1) is 0 Å². The second-order valence-electron chi connectivity index (χ2n) is 7.04. The molecular formula is C22H26N2O2. The third-order valence-electron chi connectivity index (χ3n) is 5.35. The third-order valence-corrected chi connectivity index (χ3v) is 5.35. The van der Waals surface area contributed by atoms with Gasteiger partial charge in [-0.05, 0) is 48.6 Å². The lowest BCUT2D eigenvalue weighted by Gasteiger charge is -2.29. The molecular weight excluding hydrogens is 324 g/mol. The normalized spacial score (nSPS) is 17.1. The van der Waals surface area contributed by atoms with Gasteiger partial charge in [-0.25, -0.2) is 0 Å². The number of aryl methyl sites for hydroxylation is 2. The summed E-state index contributed by atoms with van der Waals surface area (Å²) >= 11 is 0. The molecule has 1 fully saturated rings. The molecule has 2 aliphatic heterocycles. The van der Waals surface area contributed by atoms with Gasteiger partial charge in [0.25, 0.3) is 0 Å². The van der Waals surface area contributed by atoms with Crippen molar-refractivity contribution < 1.29 is 9.53 Å². The Balaban J connectivity index is 1.36. The van der Waals surface area contributed by atoms with Crippen LogP contribution in [0.5, 0.6) is 0 Å². The maximum atomic E-state index is 12.8. The van der Waals surface area contributed by atoms with Crippen LogP contribution in [0.15, 0.2) is 48.5 Å². The minimum Gasteiger partial charge on any atom is -0.378 e. The molecule has 0 spiro atoms. The Morgan fingerprint density at radius 3 is 2.54 bits per heavy atom. The summed E-state index contributed by atoms with van der Waals surface area (Å²) in [6, 6.07) is 16.9. The van der Waals surface area contributed by atoms with E-state index in [2.05, 4.69) is 47.4 Å². The maximum absolute atomic E-state index is 12.8. The van der Waals surface area contributed by atoms with Crippen LogP contribution in [-0.2, 0) is 22.4 Å². The Morgan fingerprint density at radius 2 is 1.73 bits per heavy atom. The van der Waals surface area contributed by atoms with E-state index < -0.39 is 0 Å². The molecule has 0 radical (unpaired) electrons. The number of morpholine rings is 1. The summed E-state index contributed by atoms with van der Waals surface area (Å²) in [4.78, 5) is 17.1. The molecule has 136 valence electrons. The summed E-state index contributed by atoms with van der Waals surface area (Å²) < 4.78 is 5.41. The Hall–Kier alpha value is -2.33. The molecule has 1 amide bonds. The summed E-state index contributed by atoms with van der Waals surface area (Å²) in [6.45, 7) is 4.34. The number of fused-ring (bicyclic) bond motifs is 1. The first-order chi connectivity index (χ1) is 12.8. The van der Waals surface area contributed by atoms with Gasteiger partial charge in [0.2, 0.25) is 5.91 Å². The average Bonchev–Trinajstić information content (AvgIpc) is 2.72. The maximum Gasteiger partial charge on any atom is 0.227 e. The average molecular weight is 350 g/mol. The molecule has 0 aliphatic carbocycles. The highest BCUT2D eigenvalue weighted by molar-refractivity contribution is 5.94. The van der Waals surface area contributed by atoms with Gasteiger partial charge in [0.05, 0.1) is 13.2 Å². The Bertz CT molecular complexity index is 751. The van der Waals surface area contributed by atoms with Crippen LogP contribution >= 0.6 is 0 Å². The molecule has 0 aromatic heterocycles. The van der Waals surface area contributed by atoms with Crippen molar-refractivity contribution in [2.24, 2.45) is 0 Å². The highest BCUT2D eigenvalue weighted by atomic mass is 16.5. The number of anilines is 2. The molecule has 0 saturated carbocycles. The molecule has 2 heterocycles. The zero-order chi connectivity index (χ0) is 17.8. The fourth-order valence-corrected chi connectivity index (χ4v) is 3.87. The summed E-state index contributed by atoms with van der Waals surface area (Å²) in [5.41, 5.74) is 4.86. The number of nitrogens with zero attached hydrogens (tertiary/aromatic N) is 2. The Kier molecular flexibility index (Phi) is 5.21. The highest BCUT2D eigenvalue weighted by Gasteiger charge is 2.21. The molecule has 0 N–H and O–H groups in total. The second-order valence-corrected chi connectivity index (χ2v) is 7.04. The van der Waals surface area contributed by atoms with Crippen LogP contribution in [0.25, 0.3) is 0 Å². The van der Waals surface area contributed by atoms with Gasteiger partial charge in [-0.3, -0.25) is 4.79 Å². The predicted molar refractivity (Wildman–Crippen MR) is 105 cm³/mol. The van der Waals surface area contributed by atoms with Gasteiger partial charge in [0.1, 0.15) is 0 Å². The summed E-state index contributed by atoms with van der Waals surface area (Å²) in [5, 5.41) is 0. The molecule has 4 nitrogen and oxygen atoms in total. The van der Waals surface area contributed by atoms with Crippen LogP contribution in [0.3, 0.4) is 0 Å². The number of rotatable bonds is 4. The third kappa shape index (κ3) is 3.75. The fourth-order valence-electron chi connectivity index (χ4n) is 3.87. The lowest BCUT2D eigenvalue weighted by Crippen LogP contribution is -2.36. The topological polar surface area (TPSA) is 32.8 Å². The lowest BCUT2D eigenvalue weighted by atomic mass is 10.0. The van der Waals surface area contributed by atoms with Crippen LogP contribution < -0.4 is 9.80 Å². The SMILES string of the molecule is O=C(CCc1ccc(N2CCOCC2)cc1)N1CCCc2ccccc21. The molecule has 0 atom stereocenters. The Morgan fingerprint density at radius 1 is 0.962 bits per heavy atom. The van der Waals surface area contributed by atoms with E-state index in [4.69, 9.17) is 4.74 Å². The van der Waals surface area contributed by atoms with Crippen molar-refractivity contribution in [3.8, 4) is 0 Å². The van der Waals surface area contributed by atoms with E-state index in [1.165, 1.54) is 16.8 Å². The number of hydrogen-bond donors (Lipinski definition) is 0. The smallest absolute Gasteiger partial charge is 0.227 e. The molecule has 0 bridgehead atoms. The van der Waals surface area contributed by atoms with Crippen molar-refractivity contribution in [2.75, 3.05) is 42.6 Å². The van der Waals surface area contributed by atoms with Crippen molar-refractivity contribution in [3.05, 3.63) is 59.7 Å². The van der Waals surface area contributed by atoms with Crippen LogP contribution in [-0.4, -0.2) is 38.8 Å². The van der Waals surface area contributed by atoms with Crippen molar-refractivity contribution in [2.45, 2.75) is 25.7 Å². The van der Waals surface area contributed by atoms with Crippen LogP contribution in [0.1, 0.15) is 24.0 Å². The van der Waals surface area contributed by atoms with Gasteiger partial charge in [0.15, 0.2) is 0 Å². The van der Waals surface area contributed by atoms with E-state index in [1.54, 1.807) is 0 Å². The summed E-state index contributed by atoms with van der Waals surface area (Å²) in [7, 11) is 0. The largest absolute Gasteiger partial charge is 0.378 e. The van der Waals surface area contributed by atoms with E-state index in [0.717, 1.165) is 57.8 Å². The zero-order valence-electron chi connectivity index (χ0n) is 15.2. The van der Waals surface area contributed by atoms with Crippen molar-refractivity contribution >= 4 is 17.3 Å². The van der Waals surface area contributed by atoms with Gasteiger partial charge < -0.3 is 14.5 Å². The van der Waals surface area contributed by atoms with Gasteiger partial charge >= 0.3 is 0 Å². The number of carbonyl (C=O) groups is 1. The molecule has 4 heteroatoms. The highest BCUT2D eigenvalue weighted by Crippen LogP contribution is 2.27. The number of carbonyl (C=O) groups excluding carboxylic acids is 1. The minimum absolute atomic E-state index is 0.231. The summed E-state index contributed by atoms with van der Waals surface area (Å²) in [6.07, 6.45) is 3.48. The standard InChI is InChI=1S/C22H26N2O2/c25-22(24-13-3-5-19-4-1-2-6-21(19)24)12-9-18-7-10-20(11-8-18)23-14-16-26-17-15-23/h1-2,4,6-8,10-11H,3,5,9,12-17H2. The molecule has 4 rings (SSSR count). The number of hydrogen-bond acceptors (Lipinski definition) is 3. The quantitative estimate of drug-likeness (QED) is 0.847. The zero-order valence-corrected chi connectivity index (χ0v) is 15.2. The molecule has 2 aromatic carbocycles. The lowest BCUT2D eigenvalue weighted by molar-refractivity contribution is -0.118. The number of benzene rings is 2. The first kappa shape index (κ1) is 17.1. The first-order valence-electron chi connectivity index (χ1n) is 9.61. The molecule has 2 aromatic rings. The summed E-state index contributed by atoms with van der Waals surface area (Å²) in [5.74, 6) is 0.231.